The van der Waals surface area contributed by atoms with Crippen LogP contribution in [0.2, 0.25) is 5.02 Å². The van der Waals surface area contributed by atoms with Crippen molar-refractivity contribution < 1.29 is 5.11 Å². The number of halogens is 1. The first kappa shape index (κ1) is 14.3. The molecule has 0 heterocycles. The fourth-order valence-corrected chi connectivity index (χ4v) is 3.69. The number of anilines is 1. The molecule has 0 amide bonds. The van der Waals surface area contributed by atoms with Gasteiger partial charge in [0.1, 0.15) is 5.75 Å². The van der Waals surface area contributed by atoms with Crippen LogP contribution in [0.3, 0.4) is 0 Å². The SMILES string of the molecule is Cc1ccc(NC2CC(C)c3c(C)ccc(O)c32)c(Cl)c1. The second-order valence-corrected chi connectivity index (χ2v) is 6.45. The predicted molar refractivity (Wildman–Crippen MR) is 88.4 cm³/mol. The predicted octanol–water partition coefficient (Wildman–Crippen LogP) is 5.32. The number of hydrogen-bond donors (Lipinski definition) is 2. The van der Waals surface area contributed by atoms with Crippen molar-refractivity contribution in [1.29, 1.82) is 0 Å². The molecule has 0 aliphatic heterocycles. The van der Waals surface area contributed by atoms with Gasteiger partial charge in [-0.3, -0.25) is 0 Å². The Bertz CT molecular complexity index is 696. The van der Waals surface area contributed by atoms with Crippen LogP contribution in [-0.4, -0.2) is 5.11 Å². The molecule has 0 bridgehead atoms. The summed E-state index contributed by atoms with van der Waals surface area (Å²) in [6.45, 7) is 6.34. The number of phenols is 1. The topological polar surface area (TPSA) is 32.3 Å². The highest BCUT2D eigenvalue weighted by atomic mass is 35.5. The van der Waals surface area contributed by atoms with Gasteiger partial charge in [-0.15, -0.1) is 0 Å². The third kappa shape index (κ3) is 2.49. The molecule has 21 heavy (non-hydrogen) atoms. The minimum atomic E-state index is 0.107. The molecule has 1 aliphatic carbocycles. The molecule has 2 aromatic rings. The summed E-state index contributed by atoms with van der Waals surface area (Å²) in [7, 11) is 0. The van der Waals surface area contributed by atoms with Gasteiger partial charge in [0, 0.05) is 5.56 Å². The van der Waals surface area contributed by atoms with Crippen molar-refractivity contribution in [2.24, 2.45) is 0 Å². The number of phenolic OH excluding ortho intramolecular Hbond substituents is 1. The molecule has 0 radical (unpaired) electrons. The highest BCUT2D eigenvalue weighted by Gasteiger charge is 2.32. The number of aromatic hydroxyl groups is 1. The van der Waals surface area contributed by atoms with Crippen LogP contribution in [0.1, 0.15) is 47.6 Å². The highest BCUT2D eigenvalue weighted by molar-refractivity contribution is 6.33. The lowest BCUT2D eigenvalue weighted by Crippen LogP contribution is -2.08. The Morgan fingerprint density at radius 2 is 1.90 bits per heavy atom. The lowest BCUT2D eigenvalue weighted by Gasteiger charge is -2.18. The lowest BCUT2D eigenvalue weighted by molar-refractivity contribution is 0.465. The molecular weight excluding hydrogens is 282 g/mol. The zero-order valence-corrected chi connectivity index (χ0v) is 13.3. The van der Waals surface area contributed by atoms with E-state index in [0.717, 1.165) is 28.3 Å². The van der Waals surface area contributed by atoms with Crippen LogP contribution < -0.4 is 5.32 Å². The minimum Gasteiger partial charge on any atom is -0.508 e. The maximum atomic E-state index is 10.3. The van der Waals surface area contributed by atoms with Crippen molar-refractivity contribution in [3.8, 4) is 5.75 Å². The van der Waals surface area contributed by atoms with E-state index in [1.807, 2.05) is 31.2 Å². The van der Waals surface area contributed by atoms with Gasteiger partial charge in [-0.25, -0.2) is 0 Å². The van der Waals surface area contributed by atoms with E-state index in [-0.39, 0.29) is 6.04 Å². The standard InChI is InChI=1S/C18H20ClNO/c1-10-4-6-14(13(19)8-10)20-15-9-12(3)17-11(2)5-7-16(21)18(15)17/h4-8,12,15,20-21H,9H2,1-3H3. The zero-order chi connectivity index (χ0) is 15.1. The second kappa shape index (κ2) is 5.27. The number of fused-ring (bicyclic) bond motifs is 1. The lowest BCUT2D eigenvalue weighted by atomic mass is 9.97. The van der Waals surface area contributed by atoms with Crippen LogP contribution in [0.15, 0.2) is 30.3 Å². The fraction of sp³-hybridized carbons (Fsp3) is 0.333. The molecule has 3 rings (SSSR count). The Morgan fingerprint density at radius 3 is 2.62 bits per heavy atom. The normalized spacial score (nSPS) is 20.4. The number of aryl methyl sites for hydroxylation is 2. The summed E-state index contributed by atoms with van der Waals surface area (Å²) >= 11 is 6.32. The maximum Gasteiger partial charge on any atom is 0.121 e. The molecule has 0 aromatic heterocycles. The molecule has 2 aromatic carbocycles. The molecule has 0 saturated carbocycles. The quantitative estimate of drug-likeness (QED) is 0.786. The molecule has 1 aliphatic rings. The first-order valence-corrected chi connectivity index (χ1v) is 7.70. The van der Waals surface area contributed by atoms with E-state index in [1.54, 1.807) is 6.07 Å². The molecule has 2 atom stereocenters. The van der Waals surface area contributed by atoms with Crippen LogP contribution in [0, 0.1) is 13.8 Å². The Hall–Kier alpha value is -1.67. The molecule has 2 N–H and O–H groups in total. The molecule has 2 nitrogen and oxygen atoms in total. The molecule has 3 heteroatoms. The van der Waals surface area contributed by atoms with E-state index in [0.29, 0.717) is 11.7 Å². The first-order valence-electron chi connectivity index (χ1n) is 7.32. The van der Waals surface area contributed by atoms with E-state index in [4.69, 9.17) is 11.6 Å². The largest absolute Gasteiger partial charge is 0.508 e. The highest BCUT2D eigenvalue weighted by Crippen LogP contribution is 2.47. The van der Waals surface area contributed by atoms with Gasteiger partial charge in [0.2, 0.25) is 0 Å². The summed E-state index contributed by atoms with van der Waals surface area (Å²) in [5.74, 6) is 0.814. The third-order valence-corrected chi connectivity index (χ3v) is 4.68. The molecule has 0 spiro atoms. The van der Waals surface area contributed by atoms with Gasteiger partial charge in [-0.05, 0) is 61.1 Å². The van der Waals surface area contributed by atoms with Gasteiger partial charge in [0.05, 0.1) is 16.8 Å². The minimum absolute atomic E-state index is 0.107. The monoisotopic (exact) mass is 301 g/mol. The summed E-state index contributed by atoms with van der Waals surface area (Å²) in [5, 5.41) is 14.5. The van der Waals surface area contributed by atoms with Gasteiger partial charge in [0.25, 0.3) is 0 Å². The molecule has 110 valence electrons. The summed E-state index contributed by atoms with van der Waals surface area (Å²) in [6.07, 6.45) is 0.970. The van der Waals surface area contributed by atoms with E-state index in [2.05, 4.69) is 19.2 Å². The number of rotatable bonds is 2. The van der Waals surface area contributed by atoms with E-state index in [1.165, 1.54) is 11.1 Å². The molecule has 0 saturated heterocycles. The van der Waals surface area contributed by atoms with Gasteiger partial charge in [-0.2, -0.15) is 0 Å². The summed E-state index contributed by atoms with van der Waals surface area (Å²) in [6, 6.07) is 9.90. The van der Waals surface area contributed by atoms with Crippen molar-refractivity contribution in [2.75, 3.05) is 5.32 Å². The van der Waals surface area contributed by atoms with Crippen LogP contribution >= 0.6 is 11.6 Å². The average molecular weight is 302 g/mol. The molecule has 2 unspecified atom stereocenters. The van der Waals surface area contributed by atoms with Crippen LogP contribution in [0.25, 0.3) is 0 Å². The van der Waals surface area contributed by atoms with Gasteiger partial charge in [0.15, 0.2) is 0 Å². The molecule has 0 fully saturated rings. The number of hydrogen-bond acceptors (Lipinski definition) is 2. The van der Waals surface area contributed by atoms with Crippen molar-refractivity contribution >= 4 is 17.3 Å². The van der Waals surface area contributed by atoms with Gasteiger partial charge < -0.3 is 10.4 Å². The maximum absolute atomic E-state index is 10.3. The van der Waals surface area contributed by atoms with Crippen LogP contribution in [0.5, 0.6) is 5.75 Å². The zero-order valence-electron chi connectivity index (χ0n) is 12.6. The van der Waals surface area contributed by atoms with Crippen molar-refractivity contribution in [3.05, 3.63) is 57.6 Å². The average Bonchev–Trinajstić information content (AvgIpc) is 2.75. The van der Waals surface area contributed by atoms with Crippen LogP contribution in [-0.2, 0) is 0 Å². The Balaban J connectivity index is 1.98. The summed E-state index contributed by atoms with van der Waals surface area (Å²) < 4.78 is 0. The van der Waals surface area contributed by atoms with Gasteiger partial charge in [-0.1, -0.05) is 30.7 Å². The fourth-order valence-electron chi connectivity index (χ4n) is 3.40. The Labute approximate surface area is 130 Å². The van der Waals surface area contributed by atoms with Crippen molar-refractivity contribution in [2.45, 2.75) is 39.2 Å². The van der Waals surface area contributed by atoms with E-state index < -0.39 is 0 Å². The van der Waals surface area contributed by atoms with E-state index in [9.17, 15) is 5.11 Å². The molecular formula is C18H20ClNO. The smallest absolute Gasteiger partial charge is 0.121 e. The Morgan fingerprint density at radius 1 is 1.14 bits per heavy atom. The van der Waals surface area contributed by atoms with Crippen molar-refractivity contribution in [1.82, 2.24) is 0 Å². The number of nitrogens with one attached hydrogen (secondary N) is 1. The van der Waals surface area contributed by atoms with Crippen molar-refractivity contribution in [3.63, 3.8) is 0 Å². The summed E-state index contributed by atoms with van der Waals surface area (Å²) in [4.78, 5) is 0. The van der Waals surface area contributed by atoms with E-state index >= 15 is 0 Å². The Kier molecular flexibility index (Phi) is 3.58. The van der Waals surface area contributed by atoms with Gasteiger partial charge >= 0.3 is 0 Å². The number of benzene rings is 2. The first-order chi connectivity index (χ1) is 9.97. The third-order valence-electron chi connectivity index (χ3n) is 4.37. The second-order valence-electron chi connectivity index (χ2n) is 6.05. The van der Waals surface area contributed by atoms with Crippen LogP contribution in [0.4, 0.5) is 5.69 Å². The summed E-state index contributed by atoms with van der Waals surface area (Å²) in [5.41, 5.74) is 5.61.